The molecule has 1 saturated heterocycles. The molecule has 9 nitrogen and oxygen atoms in total. The second-order valence-electron chi connectivity index (χ2n) is 6.36. The van der Waals surface area contributed by atoms with Gasteiger partial charge in [0.15, 0.2) is 11.5 Å². The van der Waals surface area contributed by atoms with E-state index in [4.69, 9.17) is 14.2 Å². The Morgan fingerprint density at radius 1 is 0.964 bits per heavy atom. The van der Waals surface area contributed by atoms with Gasteiger partial charge in [0.05, 0.1) is 13.7 Å². The molecule has 6 N–H and O–H groups in total. The van der Waals surface area contributed by atoms with Crippen LogP contribution in [0.2, 0.25) is 0 Å². The Hall–Kier alpha value is -2.56. The Kier molecular flexibility index (Phi) is 5.92. The quantitative estimate of drug-likeness (QED) is 0.384. The van der Waals surface area contributed by atoms with E-state index in [9.17, 15) is 30.6 Å². The first-order valence-electron chi connectivity index (χ1n) is 8.54. The predicted octanol–water partition coefficient (Wildman–Crippen LogP) is -0.0479. The lowest BCUT2D eigenvalue weighted by Crippen LogP contribution is -2.60. The van der Waals surface area contributed by atoms with Crippen LogP contribution in [-0.4, -0.2) is 75.1 Å². The summed E-state index contributed by atoms with van der Waals surface area (Å²) in [5, 5.41) is 59.0. The standard InChI is InChI=1S/C19H22O9/c1-26-13-7-9(6-11(21)15(13)22)10-4-2-3-5-12(10)27-19-18(25)17(24)16(23)14(8-20)28-19/h2-7,14,16-25H,8H2,1H3/t14-,16-,17+,18-,19+/m1/s1. The number of aromatic hydroxyl groups is 2. The van der Waals surface area contributed by atoms with Crippen LogP contribution in [-0.2, 0) is 4.74 Å². The van der Waals surface area contributed by atoms with Gasteiger partial charge in [-0.3, -0.25) is 0 Å². The Labute approximate surface area is 160 Å². The van der Waals surface area contributed by atoms with Crippen molar-refractivity contribution >= 4 is 0 Å². The summed E-state index contributed by atoms with van der Waals surface area (Å²) < 4.78 is 16.1. The molecule has 2 aromatic carbocycles. The van der Waals surface area contributed by atoms with E-state index < -0.39 is 48.8 Å². The van der Waals surface area contributed by atoms with E-state index in [1.54, 1.807) is 24.3 Å². The maximum Gasteiger partial charge on any atom is 0.229 e. The molecule has 1 heterocycles. The molecule has 0 saturated carbocycles. The molecule has 1 aliphatic heterocycles. The summed E-state index contributed by atoms with van der Waals surface area (Å²) in [7, 11) is 1.34. The van der Waals surface area contributed by atoms with Crippen LogP contribution in [0.5, 0.6) is 23.0 Å². The number of aliphatic hydroxyl groups is 4. The molecular weight excluding hydrogens is 372 g/mol. The smallest absolute Gasteiger partial charge is 0.229 e. The van der Waals surface area contributed by atoms with Gasteiger partial charge in [-0.1, -0.05) is 18.2 Å². The first kappa shape index (κ1) is 20.2. The van der Waals surface area contributed by atoms with E-state index in [1.807, 2.05) is 0 Å². The van der Waals surface area contributed by atoms with Crippen LogP contribution in [0.1, 0.15) is 0 Å². The summed E-state index contributed by atoms with van der Waals surface area (Å²) in [6.45, 7) is -0.574. The number of aliphatic hydroxyl groups excluding tert-OH is 4. The summed E-state index contributed by atoms with van der Waals surface area (Å²) in [6.07, 6.45) is -7.08. The van der Waals surface area contributed by atoms with E-state index in [0.717, 1.165) is 0 Å². The molecule has 5 atom stereocenters. The highest BCUT2D eigenvalue weighted by molar-refractivity contribution is 5.75. The lowest BCUT2D eigenvalue weighted by Gasteiger charge is -2.39. The summed E-state index contributed by atoms with van der Waals surface area (Å²) in [4.78, 5) is 0. The fourth-order valence-electron chi connectivity index (χ4n) is 3.00. The second kappa shape index (κ2) is 8.21. The Morgan fingerprint density at radius 3 is 2.36 bits per heavy atom. The minimum Gasteiger partial charge on any atom is -0.504 e. The number of hydrogen-bond acceptors (Lipinski definition) is 9. The number of ether oxygens (including phenoxy) is 3. The molecule has 0 radical (unpaired) electrons. The van der Waals surface area contributed by atoms with Gasteiger partial charge in [-0.2, -0.15) is 0 Å². The van der Waals surface area contributed by atoms with E-state index in [1.165, 1.54) is 19.2 Å². The number of benzene rings is 2. The van der Waals surface area contributed by atoms with Crippen LogP contribution in [0.3, 0.4) is 0 Å². The number of rotatable bonds is 5. The molecule has 0 spiro atoms. The minimum atomic E-state index is -1.57. The topological polar surface area (TPSA) is 149 Å². The number of phenols is 2. The normalized spacial score (nSPS) is 27.4. The second-order valence-corrected chi connectivity index (χ2v) is 6.36. The third-order valence-electron chi connectivity index (χ3n) is 4.56. The zero-order valence-electron chi connectivity index (χ0n) is 15.0. The molecule has 9 heteroatoms. The van der Waals surface area contributed by atoms with Crippen molar-refractivity contribution in [3.63, 3.8) is 0 Å². The van der Waals surface area contributed by atoms with Crippen LogP contribution in [0, 0.1) is 0 Å². The minimum absolute atomic E-state index is 0.0534. The Morgan fingerprint density at radius 2 is 1.68 bits per heavy atom. The fourth-order valence-corrected chi connectivity index (χ4v) is 3.00. The van der Waals surface area contributed by atoms with Crippen molar-refractivity contribution in [3.05, 3.63) is 36.4 Å². The van der Waals surface area contributed by atoms with E-state index in [0.29, 0.717) is 11.1 Å². The molecule has 0 unspecified atom stereocenters. The number of phenolic OH excluding ortho intramolecular Hbond substituents is 2. The van der Waals surface area contributed by atoms with Crippen LogP contribution in [0.15, 0.2) is 36.4 Å². The maximum atomic E-state index is 10.2. The molecule has 0 bridgehead atoms. The van der Waals surface area contributed by atoms with Gasteiger partial charge in [-0.25, -0.2) is 0 Å². The summed E-state index contributed by atoms with van der Waals surface area (Å²) in [5.74, 6) is -0.507. The molecule has 28 heavy (non-hydrogen) atoms. The first-order chi connectivity index (χ1) is 13.4. The number of methoxy groups -OCH3 is 1. The van der Waals surface area contributed by atoms with Gasteiger partial charge in [0.25, 0.3) is 0 Å². The summed E-state index contributed by atoms with van der Waals surface area (Å²) in [5.41, 5.74) is 0.931. The molecule has 2 aromatic rings. The van der Waals surface area contributed by atoms with Gasteiger partial charge in [-0.15, -0.1) is 0 Å². The number of hydrogen-bond donors (Lipinski definition) is 6. The van der Waals surface area contributed by atoms with Crippen LogP contribution in [0.25, 0.3) is 11.1 Å². The monoisotopic (exact) mass is 394 g/mol. The highest BCUT2D eigenvalue weighted by atomic mass is 16.7. The lowest BCUT2D eigenvalue weighted by molar-refractivity contribution is -0.277. The molecular formula is C19H22O9. The van der Waals surface area contributed by atoms with E-state index in [2.05, 4.69) is 0 Å². The zero-order chi connectivity index (χ0) is 20.4. The van der Waals surface area contributed by atoms with Gasteiger partial charge in [0.1, 0.15) is 30.2 Å². The van der Waals surface area contributed by atoms with E-state index >= 15 is 0 Å². The van der Waals surface area contributed by atoms with Gasteiger partial charge >= 0.3 is 0 Å². The average molecular weight is 394 g/mol. The Balaban J connectivity index is 1.94. The summed E-state index contributed by atoms with van der Waals surface area (Å²) in [6, 6.07) is 9.43. The summed E-state index contributed by atoms with van der Waals surface area (Å²) >= 11 is 0. The highest BCUT2D eigenvalue weighted by Crippen LogP contribution is 2.42. The Bertz CT molecular complexity index is 823. The molecule has 0 aliphatic carbocycles. The van der Waals surface area contributed by atoms with Crippen molar-refractivity contribution in [1.82, 2.24) is 0 Å². The fraction of sp³-hybridized carbons (Fsp3) is 0.368. The number of para-hydroxylation sites is 1. The van der Waals surface area contributed by atoms with Gasteiger partial charge in [-0.05, 0) is 23.8 Å². The molecule has 0 aromatic heterocycles. The first-order valence-corrected chi connectivity index (χ1v) is 8.54. The molecule has 3 rings (SSSR count). The van der Waals surface area contributed by atoms with Crippen molar-refractivity contribution in [2.24, 2.45) is 0 Å². The SMILES string of the molecule is COc1cc(-c2ccccc2O[C@H]2O[C@H](CO)[C@@H](O)[C@H](O)[C@H]2O)cc(O)c1O. The molecule has 1 aliphatic rings. The van der Waals surface area contributed by atoms with Crippen LogP contribution in [0.4, 0.5) is 0 Å². The highest BCUT2D eigenvalue weighted by Gasteiger charge is 2.44. The third-order valence-corrected chi connectivity index (χ3v) is 4.56. The molecule has 1 fully saturated rings. The van der Waals surface area contributed by atoms with Crippen molar-refractivity contribution in [2.45, 2.75) is 30.7 Å². The van der Waals surface area contributed by atoms with E-state index in [-0.39, 0.29) is 11.5 Å². The predicted molar refractivity (Wildman–Crippen MR) is 96.2 cm³/mol. The van der Waals surface area contributed by atoms with Gasteiger partial charge < -0.3 is 44.8 Å². The largest absolute Gasteiger partial charge is 0.504 e. The van der Waals surface area contributed by atoms with Crippen molar-refractivity contribution in [1.29, 1.82) is 0 Å². The molecule has 0 amide bonds. The van der Waals surface area contributed by atoms with Crippen LogP contribution < -0.4 is 9.47 Å². The van der Waals surface area contributed by atoms with Gasteiger partial charge in [0.2, 0.25) is 12.0 Å². The van der Waals surface area contributed by atoms with Crippen molar-refractivity contribution in [2.75, 3.05) is 13.7 Å². The third kappa shape index (κ3) is 3.71. The van der Waals surface area contributed by atoms with Gasteiger partial charge in [0, 0.05) is 5.56 Å². The van der Waals surface area contributed by atoms with Crippen molar-refractivity contribution in [3.8, 4) is 34.1 Å². The lowest BCUT2D eigenvalue weighted by atomic mass is 9.99. The zero-order valence-corrected chi connectivity index (χ0v) is 15.0. The average Bonchev–Trinajstić information content (AvgIpc) is 2.70. The molecule has 152 valence electrons. The van der Waals surface area contributed by atoms with Crippen molar-refractivity contribution < 1.29 is 44.8 Å². The maximum absolute atomic E-state index is 10.2. The van der Waals surface area contributed by atoms with Crippen LogP contribution >= 0.6 is 0 Å².